The van der Waals surface area contributed by atoms with Gasteiger partial charge in [0.15, 0.2) is 0 Å². The third-order valence-corrected chi connectivity index (χ3v) is 11.9. The Hall–Kier alpha value is -3.07. The number of hydrogen-bond donors (Lipinski definition) is 0. The second-order valence-electron chi connectivity index (χ2n) is 16.5. The summed E-state index contributed by atoms with van der Waals surface area (Å²) in [5, 5.41) is 4.92. The first-order valence-electron chi connectivity index (χ1n) is 18.5. The Labute approximate surface area is 279 Å². The molecule has 0 spiro atoms. The van der Waals surface area contributed by atoms with Gasteiger partial charge in [0.05, 0.1) is 24.0 Å². The van der Waals surface area contributed by atoms with E-state index in [-0.39, 0.29) is 24.2 Å². The minimum absolute atomic E-state index is 0.153. The van der Waals surface area contributed by atoms with Crippen molar-refractivity contribution in [3.8, 4) is 16.9 Å². The van der Waals surface area contributed by atoms with Crippen LogP contribution in [0.15, 0.2) is 24.5 Å². The number of ether oxygens (including phenoxy) is 2. The monoisotopic (exact) mass is 643 g/mol. The third kappa shape index (κ3) is 6.17. The Morgan fingerprint density at radius 2 is 1.64 bits per heavy atom. The molecule has 5 fully saturated rings. The molecule has 1 aromatic carbocycles. The topological polar surface area (TPSA) is 80.1 Å². The molecular formula is C38H53N5O4. The molecule has 3 aliphatic carbocycles. The van der Waals surface area contributed by atoms with Crippen LogP contribution in [0.5, 0.6) is 5.75 Å². The Kier molecular flexibility index (Phi) is 8.05. The normalized spacial score (nSPS) is 28.6. The average molecular weight is 644 g/mol. The fraction of sp³-hybridized carbons (Fsp3) is 0.711. The van der Waals surface area contributed by atoms with E-state index in [0.29, 0.717) is 29.8 Å². The van der Waals surface area contributed by atoms with Gasteiger partial charge in [-0.3, -0.25) is 9.48 Å². The molecule has 0 N–H and O–H groups in total. The van der Waals surface area contributed by atoms with Crippen LogP contribution in [0.25, 0.3) is 11.1 Å². The van der Waals surface area contributed by atoms with Crippen molar-refractivity contribution in [3.05, 3.63) is 30.1 Å². The predicted octanol–water partition coefficient (Wildman–Crippen LogP) is 6.84. The van der Waals surface area contributed by atoms with Gasteiger partial charge in [0.2, 0.25) is 5.91 Å². The summed E-state index contributed by atoms with van der Waals surface area (Å²) in [6.07, 6.45) is 16.3. The maximum atomic E-state index is 13.4. The summed E-state index contributed by atoms with van der Waals surface area (Å²) in [6.45, 7) is 11.9. The van der Waals surface area contributed by atoms with Crippen LogP contribution in [0, 0.1) is 17.8 Å². The number of aromatic nitrogens is 2. The minimum Gasteiger partial charge on any atom is -0.489 e. The average Bonchev–Trinajstić information content (AvgIpc) is 3.41. The van der Waals surface area contributed by atoms with Crippen LogP contribution >= 0.6 is 0 Å². The highest BCUT2D eigenvalue weighted by atomic mass is 16.6. The first-order chi connectivity index (χ1) is 22.6. The molecule has 9 nitrogen and oxygen atoms in total. The molecule has 47 heavy (non-hydrogen) atoms. The molecule has 2 amide bonds. The molecule has 3 saturated carbocycles. The second-order valence-corrected chi connectivity index (χ2v) is 16.5. The second kappa shape index (κ2) is 12.1. The number of benzene rings is 1. The van der Waals surface area contributed by atoms with Crippen LogP contribution < -0.4 is 9.64 Å². The van der Waals surface area contributed by atoms with Gasteiger partial charge in [-0.05, 0) is 122 Å². The van der Waals surface area contributed by atoms with Crippen LogP contribution in [0.2, 0.25) is 0 Å². The Morgan fingerprint density at radius 1 is 0.915 bits per heavy atom. The number of likely N-dealkylation sites (tertiary alicyclic amines) is 2. The van der Waals surface area contributed by atoms with Crippen LogP contribution in [0.3, 0.4) is 0 Å². The number of rotatable bonds is 6. The SMILES string of the molecule is C[C@H]1CCc2c(ccc(-c3cnn(C4CCN(C5C[C@@H]6CN(C(=O)OC(C)(C)C)C[C@@H]6C5)CC4)c3)c2OC2CCC2)N1C(=O)C1CC1. The molecule has 3 aliphatic heterocycles. The van der Waals surface area contributed by atoms with E-state index >= 15 is 0 Å². The van der Waals surface area contributed by atoms with Gasteiger partial charge in [0, 0.05) is 67.1 Å². The molecule has 0 bridgehead atoms. The molecule has 1 aromatic heterocycles. The largest absolute Gasteiger partial charge is 0.489 e. The number of hydrogen-bond acceptors (Lipinski definition) is 6. The van der Waals surface area contributed by atoms with Crippen LogP contribution in [0.4, 0.5) is 10.5 Å². The van der Waals surface area contributed by atoms with Crippen molar-refractivity contribution in [2.75, 3.05) is 31.1 Å². The van der Waals surface area contributed by atoms with E-state index in [4.69, 9.17) is 14.6 Å². The van der Waals surface area contributed by atoms with E-state index in [1.54, 1.807) is 0 Å². The lowest BCUT2D eigenvalue weighted by atomic mass is 9.91. The van der Waals surface area contributed by atoms with Gasteiger partial charge in [-0.1, -0.05) is 0 Å². The Balaban J connectivity index is 0.928. The van der Waals surface area contributed by atoms with Gasteiger partial charge in [-0.2, -0.15) is 5.10 Å². The highest BCUT2D eigenvalue weighted by Gasteiger charge is 2.45. The summed E-state index contributed by atoms with van der Waals surface area (Å²) in [5.74, 6) is 2.66. The predicted molar refractivity (Wildman–Crippen MR) is 182 cm³/mol. The minimum atomic E-state index is -0.443. The van der Waals surface area contributed by atoms with E-state index in [1.165, 1.54) is 24.8 Å². The van der Waals surface area contributed by atoms with Crippen LogP contribution in [-0.4, -0.2) is 81.5 Å². The number of anilines is 1. The van der Waals surface area contributed by atoms with E-state index in [1.807, 2.05) is 31.9 Å². The van der Waals surface area contributed by atoms with Gasteiger partial charge in [0.1, 0.15) is 11.4 Å². The lowest BCUT2D eigenvalue weighted by Crippen LogP contribution is -2.43. The molecule has 8 rings (SSSR count). The molecular weight excluding hydrogens is 590 g/mol. The van der Waals surface area contributed by atoms with Crippen molar-refractivity contribution < 1.29 is 19.1 Å². The fourth-order valence-corrected chi connectivity index (χ4v) is 8.92. The summed E-state index contributed by atoms with van der Waals surface area (Å²) >= 11 is 0. The summed E-state index contributed by atoms with van der Waals surface area (Å²) < 4.78 is 14.6. The molecule has 4 atom stereocenters. The molecule has 4 heterocycles. The highest BCUT2D eigenvalue weighted by Crippen LogP contribution is 2.47. The van der Waals surface area contributed by atoms with Gasteiger partial charge in [-0.15, -0.1) is 0 Å². The summed E-state index contributed by atoms with van der Waals surface area (Å²) in [7, 11) is 0. The zero-order chi connectivity index (χ0) is 32.4. The maximum Gasteiger partial charge on any atom is 0.410 e. The molecule has 2 saturated heterocycles. The molecule has 254 valence electrons. The number of nitrogens with zero attached hydrogens (tertiary/aromatic N) is 5. The lowest BCUT2D eigenvalue weighted by Gasteiger charge is -2.38. The number of carbonyl (C=O) groups is 2. The third-order valence-electron chi connectivity index (χ3n) is 11.9. The molecule has 6 aliphatic rings. The number of piperidine rings is 1. The van der Waals surface area contributed by atoms with Crippen molar-refractivity contribution in [1.29, 1.82) is 0 Å². The van der Waals surface area contributed by atoms with Gasteiger partial charge >= 0.3 is 6.09 Å². The van der Waals surface area contributed by atoms with Crippen molar-refractivity contribution in [1.82, 2.24) is 19.6 Å². The first-order valence-corrected chi connectivity index (χ1v) is 18.5. The molecule has 2 aromatic rings. The zero-order valence-corrected chi connectivity index (χ0v) is 28.8. The number of fused-ring (bicyclic) bond motifs is 2. The number of carbonyl (C=O) groups excluding carboxylic acids is 2. The molecule has 9 heteroatoms. The van der Waals surface area contributed by atoms with Crippen molar-refractivity contribution in [3.63, 3.8) is 0 Å². The smallest absolute Gasteiger partial charge is 0.410 e. The highest BCUT2D eigenvalue weighted by molar-refractivity contribution is 5.99. The summed E-state index contributed by atoms with van der Waals surface area (Å²) in [4.78, 5) is 32.7. The lowest BCUT2D eigenvalue weighted by molar-refractivity contribution is -0.120. The first kappa shape index (κ1) is 31.2. The van der Waals surface area contributed by atoms with Crippen LogP contribution in [0.1, 0.15) is 104 Å². The van der Waals surface area contributed by atoms with E-state index < -0.39 is 5.60 Å². The van der Waals surface area contributed by atoms with Gasteiger partial charge < -0.3 is 24.2 Å². The van der Waals surface area contributed by atoms with Crippen molar-refractivity contribution in [2.24, 2.45) is 17.8 Å². The van der Waals surface area contributed by atoms with E-state index in [9.17, 15) is 9.59 Å². The van der Waals surface area contributed by atoms with E-state index in [0.717, 1.165) is 100 Å². The van der Waals surface area contributed by atoms with Crippen molar-refractivity contribution in [2.45, 2.75) is 128 Å². The quantitative estimate of drug-likeness (QED) is 0.343. The maximum absolute atomic E-state index is 13.4. The van der Waals surface area contributed by atoms with Crippen molar-refractivity contribution >= 4 is 17.7 Å². The Bertz CT molecular complexity index is 1480. The number of amides is 2. The summed E-state index contributed by atoms with van der Waals surface area (Å²) in [5.41, 5.74) is 4.05. The zero-order valence-electron chi connectivity index (χ0n) is 28.8. The van der Waals surface area contributed by atoms with Crippen LogP contribution in [-0.2, 0) is 16.0 Å². The molecule has 0 radical (unpaired) electrons. The summed E-state index contributed by atoms with van der Waals surface area (Å²) in [6, 6.07) is 5.60. The molecule has 1 unspecified atom stereocenters. The fourth-order valence-electron chi connectivity index (χ4n) is 8.92. The van der Waals surface area contributed by atoms with Gasteiger partial charge in [-0.25, -0.2) is 4.79 Å². The Morgan fingerprint density at radius 3 is 2.28 bits per heavy atom. The van der Waals surface area contributed by atoms with Gasteiger partial charge in [0.25, 0.3) is 0 Å². The van der Waals surface area contributed by atoms with E-state index in [2.05, 4.69) is 39.7 Å². The standard InChI is InChI=1S/C38H53N5O4/c1-24-8-11-33-34(43(24)36(44)25-9-10-25)13-12-32(35(33)46-31-6-5-7-31)28-20-39-42(23-28)29-14-16-40(17-15-29)30-18-26-21-41(22-27(26)19-30)37(45)47-38(2,3)4/h12-13,20,23-27,29-31H,5-11,14-19,21-22H2,1-4H3/t24-,26-,27+,30?/m0/s1.